The first kappa shape index (κ1) is 69.1. The number of carbonyl (C=O) groups excluding carboxylic acids is 2. The van der Waals surface area contributed by atoms with E-state index in [2.05, 4.69) is 43.5 Å². The van der Waals surface area contributed by atoms with Crippen LogP contribution in [0.1, 0.15) is 341 Å². The van der Waals surface area contributed by atoms with E-state index in [0.717, 1.165) is 44.9 Å². The maximum Gasteiger partial charge on any atom is 0.305 e. The van der Waals surface area contributed by atoms with Crippen molar-refractivity contribution in [3.05, 3.63) is 36.5 Å². The van der Waals surface area contributed by atoms with E-state index in [9.17, 15) is 19.8 Å². The van der Waals surface area contributed by atoms with Crippen LogP contribution in [0, 0.1) is 0 Å². The fraction of sp³-hybridized carbons (Fsp3) is 0.877. The largest absolute Gasteiger partial charge is 0.466 e. The number of ether oxygens (including phenoxy) is 1. The van der Waals surface area contributed by atoms with Gasteiger partial charge in [0.05, 0.1) is 25.4 Å². The third kappa shape index (κ3) is 57.2. The van der Waals surface area contributed by atoms with Gasteiger partial charge in [-0.25, -0.2) is 0 Å². The molecule has 6 heteroatoms. The molecule has 418 valence electrons. The first-order chi connectivity index (χ1) is 35.0. The van der Waals surface area contributed by atoms with Crippen LogP contribution in [0.15, 0.2) is 36.5 Å². The highest BCUT2D eigenvalue weighted by Crippen LogP contribution is 2.17. The summed E-state index contributed by atoms with van der Waals surface area (Å²) in [6.07, 6.45) is 76.2. The van der Waals surface area contributed by atoms with Gasteiger partial charge in [-0.05, 0) is 83.5 Å². The molecule has 1 amide bonds. The fourth-order valence-electron chi connectivity index (χ4n) is 9.74. The van der Waals surface area contributed by atoms with E-state index in [1.807, 2.05) is 6.08 Å². The number of aliphatic hydroxyl groups is 2. The molecule has 2 unspecified atom stereocenters. The molecule has 0 rings (SSSR count). The molecule has 3 N–H and O–H groups in total. The summed E-state index contributed by atoms with van der Waals surface area (Å²) in [6.45, 7) is 4.90. The van der Waals surface area contributed by atoms with Gasteiger partial charge in [0.2, 0.25) is 5.91 Å². The molecule has 0 aliphatic carbocycles. The second-order valence-corrected chi connectivity index (χ2v) is 21.7. The van der Waals surface area contributed by atoms with Crippen LogP contribution >= 0.6 is 0 Å². The van der Waals surface area contributed by atoms with Crippen molar-refractivity contribution in [2.75, 3.05) is 13.2 Å². The van der Waals surface area contributed by atoms with E-state index in [0.29, 0.717) is 19.4 Å². The molecule has 6 nitrogen and oxygen atoms in total. The van der Waals surface area contributed by atoms with Gasteiger partial charge in [-0.3, -0.25) is 9.59 Å². The lowest BCUT2D eigenvalue weighted by Crippen LogP contribution is -2.45. The molecule has 0 saturated heterocycles. The van der Waals surface area contributed by atoms with Crippen molar-refractivity contribution in [2.45, 2.75) is 353 Å². The molecule has 0 aromatic heterocycles. The Morgan fingerprint density at radius 1 is 0.380 bits per heavy atom. The van der Waals surface area contributed by atoms with Crippen LogP contribution in [0.4, 0.5) is 0 Å². The summed E-state index contributed by atoms with van der Waals surface area (Å²) in [5.74, 6) is -0.0635. The van der Waals surface area contributed by atoms with Gasteiger partial charge in [0, 0.05) is 12.8 Å². The Labute approximate surface area is 443 Å². The Kier molecular flexibility index (Phi) is 59.0. The van der Waals surface area contributed by atoms with Gasteiger partial charge >= 0.3 is 5.97 Å². The van der Waals surface area contributed by atoms with Crippen LogP contribution < -0.4 is 5.32 Å². The summed E-state index contributed by atoms with van der Waals surface area (Å²) in [6, 6.07) is -0.628. The molecule has 0 fully saturated rings. The molecule has 2 atom stereocenters. The molecule has 0 heterocycles. The van der Waals surface area contributed by atoms with Gasteiger partial charge in [0.1, 0.15) is 0 Å². The standard InChI is InChI=1S/C65H123NO5/c1-3-5-7-9-11-13-15-17-18-32-35-39-43-47-51-55-59-65(70)71-60-56-52-48-44-40-36-33-30-28-26-24-22-20-19-21-23-25-27-29-31-34-38-42-46-50-54-58-64(69)66-62(61-67)63(68)57-53-49-45-41-37-16-14-12-10-8-6-4-2/h18-19,21,32,53,57,62-63,67-68H,3-17,20,22-31,33-52,54-56,58-61H2,1-2H3,(H,66,69)/b21-19-,32-18-,57-53+. The molecule has 0 aliphatic heterocycles. The molecular formula is C65H123NO5. The van der Waals surface area contributed by atoms with Crippen LogP contribution in [0.3, 0.4) is 0 Å². The SMILES string of the molecule is CCCCCCCCC/C=C\CCCCCCCC(=O)OCCCCCCCCCCCCCC/C=C\CCCCCCCCCCCCC(=O)NC(CO)C(O)/C=C/CCCCCCCCCCCC. The normalized spacial score (nSPS) is 12.8. The third-order valence-electron chi connectivity index (χ3n) is 14.6. The lowest BCUT2D eigenvalue weighted by atomic mass is 10.0. The van der Waals surface area contributed by atoms with Gasteiger partial charge in [0.25, 0.3) is 0 Å². The Morgan fingerprint density at radius 3 is 1.00 bits per heavy atom. The lowest BCUT2D eigenvalue weighted by molar-refractivity contribution is -0.143. The summed E-state index contributed by atoms with van der Waals surface area (Å²) in [4.78, 5) is 24.5. The van der Waals surface area contributed by atoms with Crippen molar-refractivity contribution in [2.24, 2.45) is 0 Å². The maximum absolute atomic E-state index is 12.4. The zero-order valence-corrected chi connectivity index (χ0v) is 47.7. The lowest BCUT2D eigenvalue weighted by Gasteiger charge is -2.20. The highest BCUT2D eigenvalue weighted by atomic mass is 16.5. The van der Waals surface area contributed by atoms with Crippen LogP contribution in [-0.2, 0) is 14.3 Å². The van der Waals surface area contributed by atoms with Crippen LogP contribution in [0.25, 0.3) is 0 Å². The highest BCUT2D eigenvalue weighted by molar-refractivity contribution is 5.76. The van der Waals surface area contributed by atoms with E-state index in [1.165, 1.54) is 270 Å². The number of aliphatic hydroxyl groups excluding tert-OH is 2. The average molecular weight is 999 g/mol. The van der Waals surface area contributed by atoms with Crippen LogP contribution in [-0.4, -0.2) is 47.4 Å². The van der Waals surface area contributed by atoms with Crippen LogP contribution in [0.5, 0.6) is 0 Å². The number of carbonyl (C=O) groups is 2. The highest BCUT2D eigenvalue weighted by Gasteiger charge is 2.18. The van der Waals surface area contributed by atoms with E-state index in [4.69, 9.17) is 4.74 Å². The second-order valence-electron chi connectivity index (χ2n) is 21.7. The van der Waals surface area contributed by atoms with Gasteiger partial charge in [-0.2, -0.15) is 0 Å². The third-order valence-corrected chi connectivity index (χ3v) is 14.6. The minimum Gasteiger partial charge on any atom is -0.466 e. The van der Waals surface area contributed by atoms with Gasteiger partial charge in [-0.1, -0.05) is 281 Å². The number of allylic oxidation sites excluding steroid dienone is 5. The van der Waals surface area contributed by atoms with Crippen molar-refractivity contribution < 1.29 is 24.5 Å². The zero-order chi connectivity index (χ0) is 51.4. The monoisotopic (exact) mass is 998 g/mol. The average Bonchev–Trinajstić information content (AvgIpc) is 3.37. The molecule has 71 heavy (non-hydrogen) atoms. The number of hydrogen-bond donors (Lipinski definition) is 3. The summed E-state index contributed by atoms with van der Waals surface area (Å²) < 4.78 is 5.49. The quantitative estimate of drug-likeness (QED) is 0.0321. The second kappa shape index (κ2) is 60.6. The molecule has 0 spiro atoms. The number of esters is 1. The van der Waals surface area contributed by atoms with E-state index >= 15 is 0 Å². The van der Waals surface area contributed by atoms with E-state index in [1.54, 1.807) is 6.08 Å². The first-order valence-corrected chi connectivity index (χ1v) is 31.8. The summed E-state index contributed by atoms with van der Waals surface area (Å²) in [5.41, 5.74) is 0. The number of unbranched alkanes of at least 4 members (excludes halogenated alkanes) is 44. The molecule has 0 aliphatic rings. The summed E-state index contributed by atoms with van der Waals surface area (Å²) >= 11 is 0. The Bertz CT molecular complexity index is 1150. The van der Waals surface area contributed by atoms with Crippen LogP contribution in [0.2, 0.25) is 0 Å². The van der Waals surface area contributed by atoms with Crippen molar-refractivity contribution >= 4 is 11.9 Å². The van der Waals surface area contributed by atoms with E-state index in [-0.39, 0.29) is 18.5 Å². The van der Waals surface area contributed by atoms with Gasteiger partial charge < -0.3 is 20.3 Å². The molecule has 0 aromatic rings. The maximum atomic E-state index is 12.4. The first-order valence-electron chi connectivity index (χ1n) is 31.8. The number of amides is 1. The Balaban J connectivity index is 3.39. The Hall–Kier alpha value is -1.92. The molecule has 0 aromatic carbocycles. The van der Waals surface area contributed by atoms with Crippen molar-refractivity contribution in [3.8, 4) is 0 Å². The molecule has 0 bridgehead atoms. The van der Waals surface area contributed by atoms with Crippen molar-refractivity contribution in [1.82, 2.24) is 5.32 Å². The summed E-state index contributed by atoms with van der Waals surface area (Å²) in [5, 5.41) is 23.1. The topological polar surface area (TPSA) is 95.9 Å². The van der Waals surface area contributed by atoms with E-state index < -0.39 is 12.1 Å². The number of nitrogens with one attached hydrogen (secondary N) is 1. The minimum absolute atomic E-state index is 0.00650. The van der Waals surface area contributed by atoms with Crippen molar-refractivity contribution in [3.63, 3.8) is 0 Å². The number of rotatable bonds is 59. The molecule has 0 saturated carbocycles. The minimum atomic E-state index is -0.844. The fourth-order valence-corrected chi connectivity index (χ4v) is 9.74. The smallest absolute Gasteiger partial charge is 0.305 e. The van der Waals surface area contributed by atoms with Crippen molar-refractivity contribution in [1.29, 1.82) is 0 Å². The summed E-state index contributed by atoms with van der Waals surface area (Å²) in [7, 11) is 0. The predicted octanol–water partition coefficient (Wildman–Crippen LogP) is 20.0. The van der Waals surface area contributed by atoms with Gasteiger partial charge in [-0.15, -0.1) is 0 Å². The molecule has 0 radical (unpaired) electrons. The van der Waals surface area contributed by atoms with Gasteiger partial charge in [0.15, 0.2) is 0 Å². The molecular weight excluding hydrogens is 875 g/mol. The number of hydrogen-bond acceptors (Lipinski definition) is 5. The Morgan fingerprint density at radius 2 is 0.662 bits per heavy atom. The predicted molar refractivity (Wildman–Crippen MR) is 310 cm³/mol. The zero-order valence-electron chi connectivity index (χ0n) is 47.7.